The van der Waals surface area contributed by atoms with E-state index < -0.39 is 11.4 Å². The summed E-state index contributed by atoms with van der Waals surface area (Å²) in [6.07, 6.45) is 6.66. The largest absolute Gasteiger partial charge is 0.481 e. The fraction of sp³-hybridized carbons (Fsp3) is 0.471. The van der Waals surface area contributed by atoms with Crippen molar-refractivity contribution < 1.29 is 9.90 Å². The third-order valence-corrected chi connectivity index (χ3v) is 4.78. The van der Waals surface area contributed by atoms with Crippen LogP contribution in [-0.4, -0.2) is 32.2 Å². The number of pyridine rings is 1. The average molecular weight is 314 g/mol. The van der Waals surface area contributed by atoms with Crippen molar-refractivity contribution in [1.82, 2.24) is 14.5 Å². The van der Waals surface area contributed by atoms with Crippen LogP contribution in [-0.2, 0) is 10.2 Å². The van der Waals surface area contributed by atoms with E-state index in [0.717, 1.165) is 17.8 Å². The zero-order chi connectivity index (χ0) is 16.6. The Labute approximate surface area is 135 Å². The Bertz CT molecular complexity index is 710. The lowest BCUT2D eigenvalue weighted by Gasteiger charge is -2.12. The second-order valence-corrected chi connectivity index (χ2v) is 6.61. The molecule has 1 saturated carbocycles. The molecule has 1 fully saturated rings. The lowest BCUT2D eigenvalue weighted by atomic mass is 9.94. The molecule has 2 aromatic rings. The van der Waals surface area contributed by atoms with Crippen molar-refractivity contribution in [3.8, 4) is 5.82 Å². The number of imidazole rings is 1. The molecule has 1 aliphatic rings. The standard InChI is InChI=1S/C17H22N4O2/c1-11-3-4-15(19-8-11)21-9-14(20-10-21)17(16(22)23)6-13(17)5-12(2)7-18/h3-4,8-10,12-13H,5-7,18H2,1-2H3,(H,22,23)/t12-,13+,17-/m1/s1. The van der Waals surface area contributed by atoms with E-state index in [1.54, 1.807) is 23.3 Å². The van der Waals surface area contributed by atoms with Crippen LogP contribution >= 0.6 is 0 Å². The number of nitrogens with two attached hydrogens (primary N) is 1. The minimum Gasteiger partial charge on any atom is -0.481 e. The molecule has 0 unspecified atom stereocenters. The molecule has 122 valence electrons. The van der Waals surface area contributed by atoms with Gasteiger partial charge in [0.05, 0.1) is 5.69 Å². The van der Waals surface area contributed by atoms with Crippen LogP contribution in [0.2, 0.25) is 0 Å². The molecular formula is C17H22N4O2. The minimum absolute atomic E-state index is 0.105. The Morgan fingerprint density at radius 1 is 1.52 bits per heavy atom. The molecule has 0 radical (unpaired) electrons. The summed E-state index contributed by atoms with van der Waals surface area (Å²) in [6.45, 7) is 4.61. The summed E-state index contributed by atoms with van der Waals surface area (Å²) in [5, 5.41) is 9.73. The maximum Gasteiger partial charge on any atom is 0.316 e. The Morgan fingerprint density at radius 2 is 2.30 bits per heavy atom. The first-order valence-corrected chi connectivity index (χ1v) is 7.88. The smallest absolute Gasteiger partial charge is 0.316 e. The number of aromatic nitrogens is 3. The molecule has 2 heterocycles. The van der Waals surface area contributed by atoms with Crippen LogP contribution in [0.5, 0.6) is 0 Å². The van der Waals surface area contributed by atoms with Gasteiger partial charge >= 0.3 is 5.97 Å². The van der Waals surface area contributed by atoms with Gasteiger partial charge in [0.1, 0.15) is 17.6 Å². The Hall–Kier alpha value is -2.21. The van der Waals surface area contributed by atoms with Gasteiger partial charge < -0.3 is 10.8 Å². The highest BCUT2D eigenvalue weighted by Gasteiger charge is 2.62. The maximum atomic E-state index is 11.9. The van der Waals surface area contributed by atoms with Gasteiger partial charge in [-0.15, -0.1) is 0 Å². The normalized spacial score (nSPS) is 24.4. The molecule has 3 N–H and O–H groups in total. The van der Waals surface area contributed by atoms with Crippen molar-refractivity contribution in [1.29, 1.82) is 0 Å². The topological polar surface area (TPSA) is 94.0 Å². The number of carboxylic acids is 1. The number of aliphatic carboxylic acids is 1. The Kier molecular flexibility index (Phi) is 3.93. The van der Waals surface area contributed by atoms with Crippen LogP contribution in [0.15, 0.2) is 30.9 Å². The van der Waals surface area contributed by atoms with E-state index in [1.165, 1.54) is 0 Å². The van der Waals surface area contributed by atoms with Gasteiger partial charge in [-0.3, -0.25) is 9.36 Å². The molecule has 23 heavy (non-hydrogen) atoms. The number of rotatable bonds is 6. The van der Waals surface area contributed by atoms with Crippen LogP contribution in [0.1, 0.15) is 31.0 Å². The second-order valence-electron chi connectivity index (χ2n) is 6.61. The molecule has 3 rings (SSSR count). The van der Waals surface area contributed by atoms with Crippen LogP contribution < -0.4 is 5.73 Å². The van der Waals surface area contributed by atoms with Crippen molar-refractivity contribution in [2.24, 2.45) is 17.6 Å². The van der Waals surface area contributed by atoms with Gasteiger partial charge in [-0.1, -0.05) is 13.0 Å². The van der Waals surface area contributed by atoms with Crippen molar-refractivity contribution in [3.05, 3.63) is 42.1 Å². The Morgan fingerprint density at radius 3 is 2.91 bits per heavy atom. The molecule has 0 bridgehead atoms. The number of carboxylic acid groups (broad SMARTS) is 1. The highest BCUT2D eigenvalue weighted by Crippen LogP contribution is 2.56. The van der Waals surface area contributed by atoms with Gasteiger partial charge in [-0.2, -0.15) is 0 Å². The summed E-state index contributed by atoms with van der Waals surface area (Å²) in [7, 11) is 0. The molecule has 0 amide bonds. The first kappa shape index (κ1) is 15.7. The van der Waals surface area contributed by atoms with Crippen LogP contribution in [0.4, 0.5) is 0 Å². The van der Waals surface area contributed by atoms with Crippen molar-refractivity contribution in [2.45, 2.75) is 32.1 Å². The SMILES string of the molecule is Cc1ccc(-n2cnc([C@@]3(C(=O)O)C[C@@H]3C[C@@H](C)CN)c2)nc1. The zero-order valence-electron chi connectivity index (χ0n) is 13.4. The molecule has 0 aromatic carbocycles. The molecule has 0 spiro atoms. The molecular weight excluding hydrogens is 292 g/mol. The van der Waals surface area contributed by atoms with E-state index in [9.17, 15) is 9.90 Å². The molecule has 6 nitrogen and oxygen atoms in total. The average Bonchev–Trinajstić information content (AvgIpc) is 3.04. The fourth-order valence-electron chi connectivity index (χ4n) is 3.17. The van der Waals surface area contributed by atoms with E-state index in [1.807, 2.05) is 19.1 Å². The second kappa shape index (κ2) is 5.77. The van der Waals surface area contributed by atoms with Gasteiger partial charge in [-0.25, -0.2) is 9.97 Å². The van der Waals surface area contributed by atoms with Gasteiger partial charge in [0.2, 0.25) is 0 Å². The van der Waals surface area contributed by atoms with Crippen molar-refractivity contribution in [3.63, 3.8) is 0 Å². The lowest BCUT2D eigenvalue weighted by molar-refractivity contribution is -0.140. The Balaban J connectivity index is 1.86. The third kappa shape index (κ3) is 2.74. The summed E-state index contributed by atoms with van der Waals surface area (Å²) >= 11 is 0. The molecule has 2 aromatic heterocycles. The van der Waals surface area contributed by atoms with E-state index in [-0.39, 0.29) is 5.92 Å². The van der Waals surface area contributed by atoms with Crippen molar-refractivity contribution >= 4 is 5.97 Å². The number of aryl methyl sites for hydroxylation is 1. The highest BCUT2D eigenvalue weighted by molar-refractivity contribution is 5.85. The minimum atomic E-state index is -0.862. The zero-order valence-corrected chi connectivity index (χ0v) is 13.4. The number of hydrogen-bond acceptors (Lipinski definition) is 4. The van der Waals surface area contributed by atoms with E-state index in [0.29, 0.717) is 24.6 Å². The summed E-state index contributed by atoms with van der Waals surface area (Å²) in [5.41, 5.74) is 6.50. The first-order chi connectivity index (χ1) is 11.0. The first-order valence-electron chi connectivity index (χ1n) is 7.88. The summed E-state index contributed by atoms with van der Waals surface area (Å²) in [6, 6.07) is 3.87. The monoisotopic (exact) mass is 314 g/mol. The molecule has 1 aliphatic carbocycles. The predicted octanol–water partition coefficient (Wildman–Crippen LogP) is 1.90. The summed E-state index contributed by atoms with van der Waals surface area (Å²) in [5.74, 6) is 0.367. The van der Waals surface area contributed by atoms with E-state index in [4.69, 9.17) is 5.73 Å². The number of hydrogen-bond donors (Lipinski definition) is 2. The van der Waals surface area contributed by atoms with Gasteiger partial charge in [0.25, 0.3) is 0 Å². The highest BCUT2D eigenvalue weighted by atomic mass is 16.4. The quantitative estimate of drug-likeness (QED) is 0.849. The predicted molar refractivity (Wildman–Crippen MR) is 86.4 cm³/mol. The summed E-state index contributed by atoms with van der Waals surface area (Å²) in [4.78, 5) is 20.6. The fourth-order valence-corrected chi connectivity index (χ4v) is 3.17. The van der Waals surface area contributed by atoms with Crippen LogP contribution in [0.25, 0.3) is 5.82 Å². The molecule has 6 heteroatoms. The van der Waals surface area contributed by atoms with Crippen LogP contribution in [0.3, 0.4) is 0 Å². The van der Waals surface area contributed by atoms with Gasteiger partial charge in [0, 0.05) is 12.4 Å². The maximum absolute atomic E-state index is 11.9. The third-order valence-electron chi connectivity index (χ3n) is 4.78. The molecule has 3 atom stereocenters. The van der Waals surface area contributed by atoms with E-state index >= 15 is 0 Å². The lowest BCUT2D eigenvalue weighted by Crippen LogP contribution is -2.24. The van der Waals surface area contributed by atoms with E-state index in [2.05, 4.69) is 16.9 Å². The number of carbonyl (C=O) groups is 1. The van der Waals surface area contributed by atoms with Gasteiger partial charge in [0.15, 0.2) is 0 Å². The van der Waals surface area contributed by atoms with Crippen molar-refractivity contribution in [2.75, 3.05) is 6.54 Å². The summed E-state index contributed by atoms with van der Waals surface area (Å²) < 4.78 is 1.78. The number of nitrogens with zero attached hydrogens (tertiary/aromatic N) is 3. The molecule has 0 saturated heterocycles. The van der Waals surface area contributed by atoms with Gasteiger partial charge in [-0.05, 0) is 49.8 Å². The molecule has 0 aliphatic heterocycles. The van der Waals surface area contributed by atoms with Crippen LogP contribution in [0, 0.1) is 18.8 Å².